The fourth-order valence-electron chi connectivity index (χ4n) is 2.18. The minimum atomic E-state index is -4.85. The maximum Gasteiger partial charge on any atom is 0.434 e. The molecule has 0 bridgehead atoms. The second-order valence-corrected chi connectivity index (χ2v) is 4.86. The molecule has 136 valence electrons. The van der Waals surface area contributed by atoms with Gasteiger partial charge in [0, 0.05) is 19.2 Å². The third-order valence-electron chi connectivity index (χ3n) is 3.36. The molecular formula is C14H16F3N5O3. The number of aliphatic hydroxyl groups excluding tert-OH is 1. The number of methoxy groups -OCH3 is 1. The predicted molar refractivity (Wildman–Crippen MR) is 79.4 cm³/mol. The Bertz CT molecular complexity index is 730. The fraction of sp³-hybridized carbons (Fsp3) is 0.429. The summed E-state index contributed by atoms with van der Waals surface area (Å²) in [5.41, 5.74) is -1.88. The molecule has 0 saturated carbocycles. The van der Waals surface area contributed by atoms with Gasteiger partial charge in [0.05, 0.1) is 25.5 Å². The van der Waals surface area contributed by atoms with E-state index in [0.29, 0.717) is 4.68 Å². The molecule has 0 aliphatic carbocycles. The Hall–Kier alpha value is -2.69. The van der Waals surface area contributed by atoms with Crippen molar-refractivity contribution in [2.75, 3.05) is 26.8 Å². The summed E-state index contributed by atoms with van der Waals surface area (Å²) < 4.78 is 45.9. The molecule has 0 spiro atoms. The van der Waals surface area contributed by atoms with Crippen LogP contribution in [0.2, 0.25) is 0 Å². The van der Waals surface area contributed by atoms with E-state index in [1.807, 2.05) is 0 Å². The number of aliphatic hydroxyl groups is 1. The van der Waals surface area contributed by atoms with Gasteiger partial charge in [0.25, 0.3) is 5.91 Å². The first-order chi connectivity index (χ1) is 11.8. The Morgan fingerprint density at radius 3 is 2.56 bits per heavy atom. The second kappa shape index (κ2) is 7.47. The van der Waals surface area contributed by atoms with Gasteiger partial charge in [-0.2, -0.15) is 18.3 Å². The maximum atomic E-state index is 13.5. The van der Waals surface area contributed by atoms with Crippen molar-refractivity contribution in [2.45, 2.75) is 13.1 Å². The molecule has 1 N–H and O–H groups in total. The highest BCUT2D eigenvalue weighted by molar-refractivity contribution is 5.95. The highest BCUT2D eigenvalue weighted by Crippen LogP contribution is 2.33. The molecule has 2 rings (SSSR count). The van der Waals surface area contributed by atoms with E-state index in [9.17, 15) is 18.0 Å². The van der Waals surface area contributed by atoms with E-state index in [0.717, 1.165) is 11.1 Å². The van der Waals surface area contributed by atoms with Gasteiger partial charge in [0.2, 0.25) is 5.88 Å². The molecule has 25 heavy (non-hydrogen) atoms. The molecule has 11 heteroatoms. The summed E-state index contributed by atoms with van der Waals surface area (Å²) in [6.45, 7) is 1.30. The van der Waals surface area contributed by atoms with Gasteiger partial charge in [-0.05, 0) is 13.0 Å². The van der Waals surface area contributed by atoms with Gasteiger partial charge in [0.15, 0.2) is 11.5 Å². The molecule has 0 aliphatic heterocycles. The number of carbonyl (C=O) groups excluding carboxylic acids is 1. The summed E-state index contributed by atoms with van der Waals surface area (Å²) in [6, 6.07) is 2.57. The van der Waals surface area contributed by atoms with Crippen LogP contribution in [0.25, 0.3) is 5.82 Å². The van der Waals surface area contributed by atoms with Crippen molar-refractivity contribution in [1.29, 1.82) is 0 Å². The first-order valence-electron chi connectivity index (χ1n) is 7.26. The van der Waals surface area contributed by atoms with E-state index in [2.05, 4.69) is 15.3 Å². The molecular weight excluding hydrogens is 343 g/mol. The number of amides is 1. The van der Waals surface area contributed by atoms with E-state index in [1.165, 1.54) is 19.2 Å². The number of hydrogen-bond donors (Lipinski definition) is 1. The van der Waals surface area contributed by atoms with Gasteiger partial charge in [-0.15, -0.1) is 10.2 Å². The van der Waals surface area contributed by atoms with Gasteiger partial charge in [-0.3, -0.25) is 4.79 Å². The minimum Gasteiger partial charge on any atom is -0.480 e. The van der Waals surface area contributed by atoms with Crippen molar-refractivity contribution in [3.05, 3.63) is 29.6 Å². The van der Waals surface area contributed by atoms with Gasteiger partial charge in [-0.1, -0.05) is 0 Å². The number of rotatable bonds is 6. The normalized spacial score (nSPS) is 11.4. The first kappa shape index (κ1) is 18.6. The first-order valence-corrected chi connectivity index (χ1v) is 7.26. The Balaban J connectivity index is 2.52. The van der Waals surface area contributed by atoms with Crippen molar-refractivity contribution in [3.63, 3.8) is 0 Å². The van der Waals surface area contributed by atoms with Crippen LogP contribution in [-0.2, 0) is 6.18 Å². The molecule has 0 atom stereocenters. The highest BCUT2D eigenvalue weighted by Gasteiger charge is 2.41. The third-order valence-corrected chi connectivity index (χ3v) is 3.36. The van der Waals surface area contributed by atoms with Crippen LogP contribution in [0.5, 0.6) is 5.88 Å². The molecule has 1 amide bonds. The van der Waals surface area contributed by atoms with E-state index in [1.54, 1.807) is 6.92 Å². The van der Waals surface area contributed by atoms with Crippen molar-refractivity contribution in [1.82, 2.24) is 24.9 Å². The summed E-state index contributed by atoms with van der Waals surface area (Å²) in [6.07, 6.45) is -4.02. The summed E-state index contributed by atoms with van der Waals surface area (Å²) in [5.74, 6) is -0.963. The smallest absolute Gasteiger partial charge is 0.434 e. The van der Waals surface area contributed by atoms with E-state index in [-0.39, 0.29) is 31.4 Å². The van der Waals surface area contributed by atoms with Crippen molar-refractivity contribution in [3.8, 4) is 11.7 Å². The molecule has 0 saturated heterocycles. The summed E-state index contributed by atoms with van der Waals surface area (Å²) in [5, 5.41) is 19.8. The van der Waals surface area contributed by atoms with Crippen LogP contribution < -0.4 is 4.74 Å². The number of nitrogens with zero attached hydrogens (tertiary/aromatic N) is 5. The molecule has 0 aromatic carbocycles. The number of alkyl halides is 3. The lowest BCUT2D eigenvalue weighted by atomic mass is 10.2. The molecule has 2 aromatic rings. The van der Waals surface area contributed by atoms with Gasteiger partial charge in [-0.25, -0.2) is 4.68 Å². The number of aromatic nitrogens is 4. The Morgan fingerprint density at radius 2 is 2.08 bits per heavy atom. The summed E-state index contributed by atoms with van der Waals surface area (Å²) in [4.78, 5) is 13.5. The number of ether oxygens (including phenoxy) is 1. The monoisotopic (exact) mass is 359 g/mol. The lowest BCUT2D eigenvalue weighted by molar-refractivity contribution is -0.143. The molecule has 0 radical (unpaired) electrons. The molecule has 2 heterocycles. The highest BCUT2D eigenvalue weighted by atomic mass is 19.4. The SMILES string of the molecule is CCN(CCO)C(=O)c1cnn(-c2ccc(OC)nn2)c1C(F)(F)F. The van der Waals surface area contributed by atoms with Crippen LogP contribution in [0.15, 0.2) is 18.3 Å². The van der Waals surface area contributed by atoms with Crippen LogP contribution in [0.1, 0.15) is 23.0 Å². The van der Waals surface area contributed by atoms with Crippen LogP contribution in [-0.4, -0.2) is 62.7 Å². The van der Waals surface area contributed by atoms with E-state index in [4.69, 9.17) is 9.84 Å². The zero-order chi connectivity index (χ0) is 18.6. The molecule has 0 unspecified atom stereocenters. The number of hydrogen-bond acceptors (Lipinski definition) is 6. The van der Waals surface area contributed by atoms with Crippen LogP contribution in [0, 0.1) is 0 Å². The Labute approximate surface area is 140 Å². The van der Waals surface area contributed by atoms with Gasteiger partial charge in [0.1, 0.15) is 0 Å². The number of carbonyl (C=O) groups is 1. The minimum absolute atomic E-state index is 0.0832. The summed E-state index contributed by atoms with van der Waals surface area (Å²) in [7, 11) is 1.34. The van der Waals surface area contributed by atoms with Crippen molar-refractivity contribution < 1.29 is 27.8 Å². The van der Waals surface area contributed by atoms with E-state index < -0.39 is 23.3 Å². The lowest BCUT2D eigenvalue weighted by Crippen LogP contribution is -2.34. The maximum absolute atomic E-state index is 13.5. The number of halogens is 3. The number of likely N-dealkylation sites (N-methyl/N-ethyl adjacent to an activating group) is 1. The average molecular weight is 359 g/mol. The van der Waals surface area contributed by atoms with Crippen molar-refractivity contribution >= 4 is 5.91 Å². The summed E-state index contributed by atoms with van der Waals surface area (Å²) >= 11 is 0. The average Bonchev–Trinajstić information content (AvgIpc) is 3.04. The quantitative estimate of drug-likeness (QED) is 0.832. The predicted octanol–water partition coefficient (Wildman–Crippen LogP) is 1.14. The second-order valence-electron chi connectivity index (χ2n) is 4.86. The molecule has 0 fully saturated rings. The molecule has 2 aromatic heterocycles. The van der Waals surface area contributed by atoms with E-state index >= 15 is 0 Å². The zero-order valence-corrected chi connectivity index (χ0v) is 13.5. The van der Waals surface area contributed by atoms with Gasteiger partial charge >= 0.3 is 6.18 Å². The molecule has 8 nitrogen and oxygen atoms in total. The molecule has 0 aliphatic rings. The third kappa shape index (κ3) is 3.87. The van der Waals surface area contributed by atoms with Gasteiger partial charge < -0.3 is 14.7 Å². The largest absolute Gasteiger partial charge is 0.480 e. The standard InChI is InChI=1S/C14H16F3N5O3/c1-3-21(6-7-23)13(24)9-8-18-22(12(9)14(15,16)17)10-4-5-11(25-2)20-19-10/h4-5,8,23H,3,6-7H2,1-2H3. The topological polar surface area (TPSA) is 93.4 Å². The zero-order valence-electron chi connectivity index (χ0n) is 13.5. The van der Waals surface area contributed by atoms with Crippen LogP contribution >= 0.6 is 0 Å². The van der Waals surface area contributed by atoms with Crippen LogP contribution in [0.4, 0.5) is 13.2 Å². The van der Waals surface area contributed by atoms with Crippen LogP contribution in [0.3, 0.4) is 0 Å². The fourth-order valence-corrected chi connectivity index (χ4v) is 2.18. The Kier molecular flexibility index (Phi) is 5.57. The lowest BCUT2D eigenvalue weighted by Gasteiger charge is -2.20. The van der Waals surface area contributed by atoms with Crippen molar-refractivity contribution in [2.24, 2.45) is 0 Å². The Morgan fingerprint density at radius 1 is 1.36 bits per heavy atom.